The Morgan fingerprint density at radius 2 is 1.82 bits per heavy atom. The third-order valence-electron chi connectivity index (χ3n) is 4.79. The summed E-state index contributed by atoms with van der Waals surface area (Å²) >= 11 is 0. The Labute approximate surface area is 161 Å². The molecule has 4 rings (SSSR count). The Morgan fingerprint density at radius 1 is 1.07 bits per heavy atom. The van der Waals surface area contributed by atoms with Crippen molar-refractivity contribution in [3.05, 3.63) is 66.1 Å². The van der Waals surface area contributed by atoms with Gasteiger partial charge in [-0.25, -0.2) is 4.98 Å². The average Bonchev–Trinajstić information content (AvgIpc) is 3.10. The van der Waals surface area contributed by atoms with Gasteiger partial charge < -0.3 is 14.0 Å². The first kappa shape index (κ1) is 18.4. The number of carbonyl (C=O) groups excluding carboxylic acids is 1. The number of nitrogens with zero attached hydrogens (tertiary/aromatic N) is 4. The van der Waals surface area contributed by atoms with E-state index in [1.54, 1.807) is 17.0 Å². The standard InChI is InChI=1S/C20H20F2N4O2/c21-20(22)28-17-6-2-1-5-16(17)19(27)25-11-9-24(10-12-25)13-15-14-26-8-4-3-7-18(26)23-15/h1-8,14,20H,9-13H2. The Morgan fingerprint density at radius 3 is 2.57 bits per heavy atom. The molecule has 1 aliphatic heterocycles. The average molecular weight is 386 g/mol. The van der Waals surface area contributed by atoms with Gasteiger partial charge in [0.25, 0.3) is 5.91 Å². The number of ether oxygens (including phenoxy) is 1. The number of fused-ring (bicyclic) bond motifs is 1. The van der Waals surface area contributed by atoms with Crippen molar-refractivity contribution in [1.82, 2.24) is 19.2 Å². The first-order valence-electron chi connectivity index (χ1n) is 9.08. The fraction of sp³-hybridized carbons (Fsp3) is 0.300. The van der Waals surface area contributed by atoms with Gasteiger partial charge in [-0.05, 0) is 24.3 Å². The molecule has 2 aromatic heterocycles. The van der Waals surface area contributed by atoms with Crippen LogP contribution in [0.5, 0.6) is 5.75 Å². The molecule has 0 saturated carbocycles. The summed E-state index contributed by atoms with van der Waals surface area (Å²) in [6, 6.07) is 12.0. The molecule has 6 nitrogen and oxygen atoms in total. The largest absolute Gasteiger partial charge is 0.434 e. The number of halogens is 2. The summed E-state index contributed by atoms with van der Waals surface area (Å²) in [5, 5.41) is 0. The van der Waals surface area contributed by atoms with E-state index >= 15 is 0 Å². The summed E-state index contributed by atoms with van der Waals surface area (Å²) in [6.45, 7) is 0.171. The Balaban J connectivity index is 1.38. The second-order valence-corrected chi connectivity index (χ2v) is 6.64. The molecule has 0 bridgehead atoms. The molecule has 0 unspecified atom stereocenters. The van der Waals surface area contributed by atoms with Crippen LogP contribution in [0.2, 0.25) is 0 Å². The number of hydrogen-bond acceptors (Lipinski definition) is 4. The topological polar surface area (TPSA) is 50.1 Å². The summed E-state index contributed by atoms with van der Waals surface area (Å²) in [6.07, 6.45) is 3.96. The molecular formula is C20H20F2N4O2. The molecule has 1 fully saturated rings. The van der Waals surface area contributed by atoms with Gasteiger partial charge in [-0.2, -0.15) is 8.78 Å². The highest BCUT2D eigenvalue weighted by atomic mass is 19.3. The lowest BCUT2D eigenvalue weighted by atomic mass is 10.1. The number of imidazole rings is 1. The minimum Gasteiger partial charge on any atom is -0.434 e. The van der Waals surface area contributed by atoms with Crippen LogP contribution < -0.4 is 4.74 Å². The highest BCUT2D eigenvalue weighted by molar-refractivity contribution is 5.97. The van der Waals surface area contributed by atoms with Gasteiger partial charge in [-0.15, -0.1) is 0 Å². The molecule has 3 heterocycles. The van der Waals surface area contributed by atoms with Crippen LogP contribution in [0.3, 0.4) is 0 Å². The van der Waals surface area contributed by atoms with Crippen molar-refractivity contribution >= 4 is 11.6 Å². The first-order chi connectivity index (χ1) is 13.6. The maximum atomic E-state index is 12.8. The Kier molecular flexibility index (Phi) is 5.21. The van der Waals surface area contributed by atoms with Crippen LogP contribution in [-0.4, -0.2) is 57.9 Å². The van der Waals surface area contributed by atoms with Gasteiger partial charge in [0, 0.05) is 45.1 Å². The highest BCUT2D eigenvalue weighted by Crippen LogP contribution is 2.22. The van der Waals surface area contributed by atoms with Crippen LogP contribution in [0.1, 0.15) is 16.1 Å². The molecular weight excluding hydrogens is 366 g/mol. The minimum absolute atomic E-state index is 0.0883. The quantitative estimate of drug-likeness (QED) is 0.677. The Bertz CT molecular complexity index is 935. The predicted molar refractivity (Wildman–Crippen MR) is 99.4 cm³/mol. The molecule has 1 aliphatic rings. The van der Waals surface area contributed by atoms with Gasteiger partial charge in [0.2, 0.25) is 0 Å². The molecule has 0 spiro atoms. The van der Waals surface area contributed by atoms with Crippen molar-refractivity contribution in [2.75, 3.05) is 26.2 Å². The normalized spacial score (nSPS) is 15.3. The molecule has 1 amide bonds. The molecule has 0 atom stereocenters. The van der Waals surface area contributed by atoms with Crippen LogP contribution in [0, 0.1) is 0 Å². The van der Waals surface area contributed by atoms with Crippen molar-refractivity contribution in [3.63, 3.8) is 0 Å². The molecule has 3 aromatic rings. The van der Waals surface area contributed by atoms with Crippen LogP contribution in [0.25, 0.3) is 5.65 Å². The molecule has 1 saturated heterocycles. The lowest BCUT2D eigenvalue weighted by molar-refractivity contribution is -0.0503. The molecule has 8 heteroatoms. The number of rotatable bonds is 5. The number of piperazine rings is 1. The first-order valence-corrected chi connectivity index (χ1v) is 9.08. The zero-order chi connectivity index (χ0) is 19.5. The van der Waals surface area contributed by atoms with E-state index in [1.807, 2.05) is 35.0 Å². The molecule has 146 valence electrons. The van der Waals surface area contributed by atoms with Gasteiger partial charge >= 0.3 is 6.61 Å². The van der Waals surface area contributed by atoms with Crippen molar-refractivity contribution in [2.24, 2.45) is 0 Å². The SMILES string of the molecule is O=C(c1ccccc1OC(F)F)N1CCN(Cc2cn3ccccc3n2)CC1. The maximum absolute atomic E-state index is 12.8. The van der Waals surface area contributed by atoms with Crippen molar-refractivity contribution in [3.8, 4) is 5.75 Å². The Hall–Kier alpha value is -3.00. The van der Waals surface area contributed by atoms with Gasteiger partial charge in [0.15, 0.2) is 0 Å². The van der Waals surface area contributed by atoms with Crippen molar-refractivity contribution in [2.45, 2.75) is 13.2 Å². The number of benzene rings is 1. The third-order valence-corrected chi connectivity index (χ3v) is 4.79. The number of alkyl halides is 2. The fourth-order valence-electron chi connectivity index (χ4n) is 3.41. The predicted octanol–water partition coefficient (Wildman–Crippen LogP) is 2.89. The van der Waals surface area contributed by atoms with Crippen LogP contribution in [0.15, 0.2) is 54.9 Å². The van der Waals surface area contributed by atoms with E-state index in [4.69, 9.17) is 0 Å². The summed E-state index contributed by atoms with van der Waals surface area (Å²) < 4.78 is 31.6. The monoisotopic (exact) mass is 386 g/mol. The van der Waals surface area contributed by atoms with Gasteiger partial charge in [-0.1, -0.05) is 18.2 Å². The number of para-hydroxylation sites is 1. The molecule has 28 heavy (non-hydrogen) atoms. The molecule has 1 aromatic carbocycles. The zero-order valence-electron chi connectivity index (χ0n) is 15.2. The second-order valence-electron chi connectivity index (χ2n) is 6.64. The number of amides is 1. The summed E-state index contributed by atoms with van der Waals surface area (Å²) in [4.78, 5) is 21.3. The summed E-state index contributed by atoms with van der Waals surface area (Å²) in [5.41, 5.74) is 2.04. The van der Waals surface area contributed by atoms with Crippen molar-refractivity contribution in [1.29, 1.82) is 0 Å². The van der Waals surface area contributed by atoms with E-state index in [-0.39, 0.29) is 17.2 Å². The minimum atomic E-state index is -2.96. The number of carbonyl (C=O) groups is 1. The summed E-state index contributed by atoms with van der Waals surface area (Å²) in [7, 11) is 0. The number of hydrogen-bond donors (Lipinski definition) is 0. The lowest BCUT2D eigenvalue weighted by Crippen LogP contribution is -2.48. The van der Waals surface area contributed by atoms with E-state index < -0.39 is 6.61 Å². The zero-order valence-corrected chi connectivity index (χ0v) is 15.2. The van der Waals surface area contributed by atoms with E-state index in [0.29, 0.717) is 32.7 Å². The summed E-state index contributed by atoms with van der Waals surface area (Å²) in [5.74, 6) is -0.377. The van der Waals surface area contributed by atoms with Crippen LogP contribution in [0.4, 0.5) is 8.78 Å². The van der Waals surface area contributed by atoms with E-state index in [1.165, 1.54) is 12.1 Å². The highest BCUT2D eigenvalue weighted by Gasteiger charge is 2.25. The second kappa shape index (κ2) is 7.93. The fourth-order valence-corrected chi connectivity index (χ4v) is 3.41. The lowest BCUT2D eigenvalue weighted by Gasteiger charge is -2.34. The van der Waals surface area contributed by atoms with Gasteiger partial charge in [-0.3, -0.25) is 9.69 Å². The van der Waals surface area contributed by atoms with E-state index in [2.05, 4.69) is 14.6 Å². The van der Waals surface area contributed by atoms with Crippen LogP contribution in [-0.2, 0) is 6.54 Å². The maximum Gasteiger partial charge on any atom is 0.387 e. The number of pyridine rings is 1. The smallest absolute Gasteiger partial charge is 0.387 e. The van der Waals surface area contributed by atoms with Crippen LogP contribution >= 0.6 is 0 Å². The van der Waals surface area contributed by atoms with E-state index in [0.717, 1.165) is 11.3 Å². The third kappa shape index (κ3) is 3.96. The number of aromatic nitrogens is 2. The molecule has 0 aliphatic carbocycles. The van der Waals surface area contributed by atoms with Gasteiger partial charge in [0.05, 0.1) is 11.3 Å². The molecule has 0 radical (unpaired) electrons. The molecule has 0 N–H and O–H groups in total. The van der Waals surface area contributed by atoms with Gasteiger partial charge in [0.1, 0.15) is 11.4 Å². The van der Waals surface area contributed by atoms with Crippen molar-refractivity contribution < 1.29 is 18.3 Å². The van der Waals surface area contributed by atoms with E-state index in [9.17, 15) is 13.6 Å².